The first-order chi connectivity index (χ1) is 7.60. The van der Waals surface area contributed by atoms with Crippen molar-refractivity contribution in [2.75, 3.05) is 24.7 Å². The summed E-state index contributed by atoms with van der Waals surface area (Å²) in [5.74, 6) is -0.0383. The first kappa shape index (κ1) is 11.2. The summed E-state index contributed by atoms with van der Waals surface area (Å²) in [6, 6.07) is 0. The highest BCUT2D eigenvalue weighted by Gasteiger charge is 2.44. The third-order valence-corrected chi connectivity index (χ3v) is 3.70. The summed E-state index contributed by atoms with van der Waals surface area (Å²) in [7, 11) is 1.72. The van der Waals surface area contributed by atoms with Crippen LogP contribution in [0.15, 0.2) is 0 Å². The fourth-order valence-electron chi connectivity index (χ4n) is 1.37. The third-order valence-electron chi connectivity index (χ3n) is 2.61. The third kappa shape index (κ3) is 1.96. The molecule has 1 heterocycles. The van der Waals surface area contributed by atoms with Gasteiger partial charge < -0.3 is 21.5 Å². The van der Waals surface area contributed by atoms with E-state index in [1.165, 1.54) is 11.3 Å². The molecule has 0 saturated heterocycles. The number of aliphatic hydroxyl groups is 1. The number of nitrogen functional groups attached to an aromatic ring is 1. The predicted octanol–water partition coefficient (Wildman–Crippen LogP) is 0.0217. The Bertz CT molecular complexity index is 414. The molecule has 7 heteroatoms. The molecule has 1 fully saturated rings. The van der Waals surface area contributed by atoms with Crippen molar-refractivity contribution in [3.8, 4) is 0 Å². The van der Waals surface area contributed by atoms with Crippen LogP contribution < -0.4 is 16.4 Å². The zero-order valence-corrected chi connectivity index (χ0v) is 9.73. The summed E-state index contributed by atoms with van der Waals surface area (Å²) in [4.78, 5) is 16.2. The number of hydrogen-bond donors (Lipinski definition) is 4. The number of rotatable bonds is 4. The number of nitrogens with one attached hydrogen (secondary N) is 2. The fraction of sp³-hybridized carbons (Fsp3) is 0.556. The standard InChI is InChI=1S/C9H14N4O2S/c1-11-8-12-6(10)5(16-8)7(15)13-9(4-14)2-3-9/h14H,2-4,10H2,1H3,(H,11,12)(H,13,15). The van der Waals surface area contributed by atoms with Crippen molar-refractivity contribution in [2.45, 2.75) is 18.4 Å². The van der Waals surface area contributed by atoms with Gasteiger partial charge in [0.1, 0.15) is 10.7 Å². The van der Waals surface area contributed by atoms with Crippen molar-refractivity contribution >= 4 is 28.2 Å². The highest BCUT2D eigenvalue weighted by atomic mass is 32.1. The van der Waals surface area contributed by atoms with Crippen LogP contribution in [0.1, 0.15) is 22.5 Å². The van der Waals surface area contributed by atoms with E-state index in [9.17, 15) is 4.79 Å². The number of amides is 1. The Kier molecular flexibility index (Phi) is 2.73. The molecule has 0 aromatic carbocycles. The minimum atomic E-state index is -0.423. The average molecular weight is 242 g/mol. The molecule has 88 valence electrons. The number of thiazole rings is 1. The van der Waals surface area contributed by atoms with Crippen LogP contribution in [0.2, 0.25) is 0 Å². The van der Waals surface area contributed by atoms with Gasteiger partial charge in [0.15, 0.2) is 5.13 Å². The molecule has 0 radical (unpaired) electrons. The number of nitrogens with two attached hydrogens (primary N) is 1. The van der Waals surface area contributed by atoms with E-state index >= 15 is 0 Å². The molecule has 2 rings (SSSR count). The van der Waals surface area contributed by atoms with Crippen LogP contribution in [0.25, 0.3) is 0 Å². The minimum Gasteiger partial charge on any atom is -0.394 e. The van der Waals surface area contributed by atoms with Gasteiger partial charge in [0.25, 0.3) is 5.91 Å². The summed E-state index contributed by atoms with van der Waals surface area (Å²) >= 11 is 1.21. The van der Waals surface area contributed by atoms with Gasteiger partial charge in [-0.25, -0.2) is 4.98 Å². The Morgan fingerprint density at radius 3 is 2.81 bits per heavy atom. The molecule has 5 N–H and O–H groups in total. The summed E-state index contributed by atoms with van der Waals surface area (Å²) in [6.45, 7) is -0.0314. The van der Waals surface area contributed by atoms with Crippen molar-refractivity contribution in [2.24, 2.45) is 0 Å². The summed E-state index contributed by atoms with van der Waals surface area (Å²) in [5.41, 5.74) is 5.21. The van der Waals surface area contributed by atoms with Crippen molar-refractivity contribution in [3.05, 3.63) is 4.88 Å². The van der Waals surface area contributed by atoms with E-state index in [1.807, 2.05) is 0 Å². The molecule has 0 unspecified atom stereocenters. The molecule has 6 nitrogen and oxygen atoms in total. The van der Waals surface area contributed by atoms with Gasteiger partial charge in [-0.05, 0) is 12.8 Å². The number of anilines is 2. The van der Waals surface area contributed by atoms with Crippen LogP contribution in [0.3, 0.4) is 0 Å². The molecule has 1 aromatic rings. The van der Waals surface area contributed by atoms with Crippen LogP contribution in [0, 0.1) is 0 Å². The van der Waals surface area contributed by atoms with Crippen LogP contribution in [-0.2, 0) is 0 Å². The zero-order valence-electron chi connectivity index (χ0n) is 8.91. The molecule has 0 bridgehead atoms. The Hall–Kier alpha value is -1.34. The average Bonchev–Trinajstić information content (AvgIpc) is 2.94. The van der Waals surface area contributed by atoms with E-state index < -0.39 is 5.54 Å². The molecule has 1 aliphatic carbocycles. The highest BCUT2D eigenvalue weighted by molar-refractivity contribution is 7.18. The first-order valence-electron chi connectivity index (χ1n) is 4.98. The molecular weight excluding hydrogens is 228 g/mol. The van der Waals surface area contributed by atoms with Gasteiger partial charge in [0, 0.05) is 7.05 Å². The molecule has 1 aromatic heterocycles. The van der Waals surface area contributed by atoms with Gasteiger partial charge in [-0.2, -0.15) is 0 Å². The topological polar surface area (TPSA) is 100 Å². The smallest absolute Gasteiger partial charge is 0.265 e. The number of aromatic nitrogens is 1. The Balaban J connectivity index is 2.11. The lowest BCUT2D eigenvalue weighted by molar-refractivity contribution is 0.0911. The van der Waals surface area contributed by atoms with Gasteiger partial charge in [-0.15, -0.1) is 0 Å². The Morgan fingerprint density at radius 2 is 2.38 bits per heavy atom. The number of carbonyl (C=O) groups is 1. The van der Waals surface area contributed by atoms with Gasteiger partial charge in [0.2, 0.25) is 0 Å². The largest absolute Gasteiger partial charge is 0.394 e. The Labute approximate surface area is 96.9 Å². The van der Waals surface area contributed by atoms with E-state index in [0.29, 0.717) is 10.0 Å². The quantitative estimate of drug-likeness (QED) is 0.596. The molecule has 0 atom stereocenters. The van der Waals surface area contributed by atoms with Gasteiger partial charge in [-0.1, -0.05) is 11.3 Å². The van der Waals surface area contributed by atoms with Crippen LogP contribution in [-0.4, -0.2) is 35.2 Å². The van der Waals surface area contributed by atoms with Crippen molar-refractivity contribution in [1.82, 2.24) is 10.3 Å². The molecule has 16 heavy (non-hydrogen) atoms. The molecule has 1 aliphatic rings. The van der Waals surface area contributed by atoms with Gasteiger partial charge >= 0.3 is 0 Å². The number of carbonyl (C=O) groups excluding carboxylic acids is 1. The van der Waals surface area contributed by atoms with Crippen LogP contribution >= 0.6 is 11.3 Å². The van der Waals surface area contributed by atoms with E-state index in [2.05, 4.69) is 15.6 Å². The van der Waals surface area contributed by atoms with Crippen LogP contribution in [0.5, 0.6) is 0 Å². The predicted molar refractivity (Wildman–Crippen MR) is 62.6 cm³/mol. The van der Waals surface area contributed by atoms with E-state index in [0.717, 1.165) is 12.8 Å². The minimum absolute atomic E-state index is 0.0314. The lowest BCUT2D eigenvalue weighted by atomic mass is 10.3. The molecule has 0 aliphatic heterocycles. The molecule has 1 amide bonds. The van der Waals surface area contributed by atoms with Gasteiger partial charge in [-0.3, -0.25) is 4.79 Å². The maximum atomic E-state index is 11.8. The second-order valence-electron chi connectivity index (χ2n) is 3.88. The maximum Gasteiger partial charge on any atom is 0.265 e. The maximum absolute atomic E-state index is 11.8. The first-order valence-corrected chi connectivity index (χ1v) is 5.79. The fourth-order valence-corrected chi connectivity index (χ4v) is 2.11. The number of nitrogens with zero attached hydrogens (tertiary/aromatic N) is 1. The second-order valence-corrected chi connectivity index (χ2v) is 4.88. The summed E-state index contributed by atoms with van der Waals surface area (Å²) in [5, 5.41) is 15.3. The SMILES string of the molecule is CNc1nc(N)c(C(=O)NC2(CO)CC2)s1. The molecular formula is C9H14N4O2S. The second kappa shape index (κ2) is 3.91. The van der Waals surface area contributed by atoms with E-state index in [-0.39, 0.29) is 18.3 Å². The zero-order chi connectivity index (χ0) is 11.8. The van der Waals surface area contributed by atoms with Crippen LogP contribution in [0.4, 0.5) is 10.9 Å². The summed E-state index contributed by atoms with van der Waals surface area (Å²) in [6.07, 6.45) is 1.62. The molecule has 1 saturated carbocycles. The van der Waals surface area contributed by atoms with Gasteiger partial charge in [0.05, 0.1) is 12.1 Å². The van der Waals surface area contributed by atoms with E-state index in [4.69, 9.17) is 10.8 Å². The lowest BCUT2D eigenvalue weighted by Gasteiger charge is -2.13. The summed E-state index contributed by atoms with van der Waals surface area (Å²) < 4.78 is 0. The monoisotopic (exact) mass is 242 g/mol. The normalized spacial score (nSPS) is 16.9. The van der Waals surface area contributed by atoms with Crippen molar-refractivity contribution in [1.29, 1.82) is 0 Å². The number of hydrogen-bond acceptors (Lipinski definition) is 6. The highest BCUT2D eigenvalue weighted by Crippen LogP contribution is 2.35. The lowest BCUT2D eigenvalue weighted by Crippen LogP contribution is -2.39. The molecule has 0 spiro atoms. The van der Waals surface area contributed by atoms with E-state index in [1.54, 1.807) is 7.05 Å². The Morgan fingerprint density at radius 1 is 1.69 bits per heavy atom. The van der Waals surface area contributed by atoms with Crippen molar-refractivity contribution < 1.29 is 9.90 Å². The van der Waals surface area contributed by atoms with Crippen molar-refractivity contribution in [3.63, 3.8) is 0 Å². The number of aliphatic hydroxyl groups excluding tert-OH is 1.